The van der Waals surface area contributed by atoms with Gasteiger partial charge in [0.15, 0.2) is 0 Å². The average molecular weight is 175 g/mol. The Bertz CT molecular complexity index is 62.7. The second kappa shape index (κ2) is 4.88. The third-order valence-electron chi connectivity index (χ3n) is 0.522. The van der Waals surface area contributed by atoms with Crippen molar-refractivity contribution in [3.63, 3.8) is 0 Å². The van der Waals surface area contributed by atoms with E-state index < -0.39 is 6.04 Å². The molecule has 3 heteroatoms. The Kier molecular flexibility index (Phi) is 7.44. The molecule has 0 spiro atoms. The molecule has 1 atom stereocenters. The van der Waals surface area contributed by atoms with Crippen LogP contribution in [0.3, 0.4) is 0 Å². The normalized spacial score (nSPS) is 11.9. The molecule has 0 fully saturated rings. The Labute approximate surface area is 68.7 Å². The van der Waals surface area contributed by atoms with Crippen molar-refractivity contribution in [3.8, 4) is 0 Å². The third-order valence-corrected chi connectivity index (χ3v) is 0.522. The van der Waals surface area contributed by atoms with Crippen LogP contribution in [0, 0.1) is 6.92 Å². The van der Waals surface area contributed by atoms with Gasteiger partial charge in [-0.3, -0.25) is 0 Å². The molecule has 0 aromatic carbocycles. The minimum Gasteiger partial charge on any atom is -0.350 e. The number of nitrogens with two attached hydrogens (primary N) is 1. The molecule has 0 aromatic rings. The van der Waals surface area contributed by atoms with Crippen LogP contribution in [-0.2, 0) is 37.5 Å². The Morgan fingerprint density at radius 3 is 2.00 bits per heavy atom. The van der Waals surface area contributed by atoms with Gasteiger partial charge in [-0.05, 0) is 6.92 Å². The number of Topliss-reactive ketones (excluding diaryl/α,β-unsaturated/α-hetero) is 1. The second-order valence-electron chi connectivity index (χ2n) is 1.22. The number of ketones is 1. The van der Waals surface area contributed by atoms with Gasteiger partial charge in [0.05, 0.1) is 0 Å². The van der Waals surface area contributed by atoms with Crippen LogP contribution < -0.4 is 5.73 Å². The van der Waals surface area contributed by atoms with Crippen LogP contribution in [0.2, 0.25) is 0 Å². The largest absolute Gasteiger partial charge is 3.00 e. The molecule has 7 heavy (non-hydrogen) atoms. The van der Waals surface area contributed by atoms with E-state index >= 15 is 0 Å². The Morgan fingerprint density at radius 2 is 2.00 bits per heavy atom. The first-order chi connectivity index (χ1) is 2.64. The number of hydrogen-bond donors (Lipinski definition) is 1. The number of rotatable bonds is 1. The molecular formula is C4H8NOY+2. The summed E-state index contributed by atoms with van der Waals surface area (Å²) < 4.78 is 0. The SMILES string of the molecule is [CH2-]C(N)C(C)=O.[Y+3]. The van der Waals surface area contributed by atoms with Crippen molar-refractivity contribution in [1.29, 1.82) is 0 Å². The van der Waals surface area contributed by atoms with Gasteiger partial charge >= 0.3 is 32.7 Å². The smallest absolute Gasteiger partial charge is 0.350 e. The molecule has 0 saturated heterocycles. The number of carbonyl (C=O) groups excluding carboxylic acids is 1. The fraction of sp³-hybridized carbons (Fsp3) is 0.500. The van der Waals surface area contributed by atoms with Gasteiger partial charge in [0.1, 0.15) is 5.78 Å². The summed E-state index contributed by atoms with van der Waals surface area (Å²) in [6.45, 7) is 4.68. The molecular weight excluding hydrogens is 167 g/mol. The molecule has 0 aliphatic heterocycles. The minimum atomic E-state index is -0.537. The molecule has 0 aliphatic rings. The zero-order chi connectivity index (χ0) is 5.15. The zero-order valence-electron chi connectivity index (χ0n) is 4.35. The predicted octanol–water partition coefficient (Wildman–Crippen LogP) is -0.266. The van der Waals surface area contributed by atoms with Crippen LogP contribution >= 0.6 is 0 Å². The standard InChI is InChI=1S/C4H8NO.Y/c1-3(5)4(2)6;/h3H,1,5H2,2H3;/q-1;+3. The maximum absolute atomic E-state index is 9.96. The van der Waals surface area contributed by atoms with Crippen LogP contribution in [0.25, 0.3) is 0 Å². The Morgan fingerprint density at radius 1 is 1.86 bits per heavy atom. The molecule has 0 amide bonds. The van der Waals surface area contributed by atoms with Crippen molar-refractivity contribution < 1.29 is 37.5 Å². The van der Waals surface area contributed by atoms with E-state index in [1.165, 1.54) is 6.92 Å². The first-order valence-corrected chi connectivity index (χ1v) is 1.73. The molecule has 1 unspecified atom stereocenters. The second-order valence-corrected chi connectivity index (χ2v) is 1.22. The van der Waals surface area contributed by atoms with Crippen molar-refractivity contribution in [2.24, 2.45) is 5.73 Å². The van der Waals surface area contributed by atoms with Crippen LogP contribution in [0.5, 0.6) is 0 Å². The molecule has 0 rings (SSSR count). The number of carbonyl (C=O) groups is 1. The Hall–Kier alpha value is 0.734. The van der Waals surface area contributed by atoms with E-state index in [-0.39, 0.29) is 38.5 Å². The van der Waals surface area contributed by atoms with Crippen LogP contribution in [0.15, 0.2) is 0 Å². The summed E-state index contributed by atoms with van der Waals surface area (Å²) in [5.74, 6) is -0.0741. The summed E-state index contributed by atoms with van der Waals surface area (Å²) in [6, 6.07) is -0.537. The Balaban J connectivity index is 0. The molecule has 0 bridgehead atoms. The fourth-order valence-corrected chi connectivity index (χ4v) is 0. The maximum Gasteiger partial charge on any atom is 3.00 e. The van der Waals surface area contributed by atoms with Crippen molar-refractivity contribution in [2.75, 3.05) is 0 Å². The minimum absolute atomic E-state index is 0. The van der Waals surface area contributed by atoms with E-state index in [9.17, 15) is 4.79 Å². The van der Waals surface area contributed by atoms with Gasteiger partial charge in [-0.1, -0.05) is 6.04 Å². The molecule has 36 valence electrons. The third kappa shape index (κ3) is 6.73. The molecule has 2 N–H and O–H groups in total. The molecule has 0 saturated carbocycles. The van der Waals surface area contributed by atoms with Crippen molar-refractivity contribution in [1.82, 2.24) is 0 Å². The molecule has 0 heterocycles. The van der Waals surface area contributed by atoms with Crippen LogP contribution in [0.4, 0.5) is 0 Å². The first kappa shape index (κ1) is 10.7. The summed E-state index contributed by atoms with van der Waals surface area (Å²) in [6.07, 6.45) is 0. The molecule has 0 aromatic heterocycles. The quantitative estimate of drug-likeness (QED) is 0.557. The van der Waals surface area contributed by atoms with E-state index in [4.69, 9.17) is 5.73 Å². The van der Waals surface area contributed by atoms with Gasteiger partial charge in [-0.15, -0.1) is 0 Å². The van der Waals surface area contributed by atoms with Crippen molar-refractivity contribution in [3.05, 3.63) is 6.92 Å². The maximum atomic E-state index is 9.96. The van der Waals surface area contributed by atoms with Crippen molar-refractivity contribution >= 4 is 5.78 Å². The van der Waals surface area contributed by atoms with Crippen molar-refractivity contribution in [2.45, 2.75) is 13.0 Å². The van der Waals surface area contributed by atoms with E-state index in [0.717, 1.165) is 0 Å². The summed E-state index contributed by atoms with van der Waals surface area (Å²) in [7, 11) is 0. The number of hydrogen-bond acceptors (Lipinski definition) is 2. The van der Waals surface area contributed by atoms with Gasteiger partial charge < -0.3 is 17.5 Å². The monoisotopic (exact) mass is 175 g/mol. The summed E-state index contributed by atoms with van der Waals surface area (Å²) >= 11 is 0. The van der Waals surface area contributed by atoms with E-state index in [1.54, 1.807) is 0 Å². The summed E-state index contributed by atoms with van der Waals surface area (Å²) in [5.41, 5.74) is 4.97. The molecule has 0 aliphatic carbocycles. The zero-order valence-corrected chi connectivity index (χ0v) is 7.19. The van der Waals surface area contributed by atoms with E-state index in [1.807, 2.05) is 0 Å². The van der Waals surface area contributed by atoms with Gasteiger partial charge in [0.25, 0.3) is 0 Å². The van der Waals surface area contributed by atoms with Gasteiger partial charge in [0, 0.05) is 0 Å². The molecule has 0 radical (unpaired) electrons. The van der Waals surface area contributed by atoms with Gasteiger partial charge in [-0.2, -0.15) is 0 Å². The summed E-state index contributed by atoms with van der Waals surface area (Å²) in [5, 5.41) is 0. The average Bonchev–Trinajstić information content (AvgIpc) is 1.36. The first-order valence-electron chi connectivity index (χ1n) is 1.73. The fourth-order valence-electron chi connectivity index (χ4n) is 0. The topological polar surface area (TPSA) is 43.1 Å². The van der Waals surface area contributed by atoms with E-state index in [2.05, 4.69) is 6.92 Å². The van der Waals surface area contributed by atoms with E-state index in [0.29, 0.717) is 0 Å². The van der Waals surface area contributed by atoms with Crippen LogP contribution in [-0.4, -0.2) is 11.8 Å². The van der Waals surface area contributed by atoms with Crippen LogP contribution in [0.1, 0.15) is 6.92 Å². The predicted molar refractivity (Wildman–Crippen MR) is 24.0 cm³/mol. The van der Waals surface area contributed by atoms with Gasteiger partial charge in [0.2, 0.25) is 0 Å². The summed E-state index contributed by atoms with van der Waals surface area (Å²) in [4.78, 5) is 9.96. The molecule has 2 nitrogen and oxygen atoms in total. The van der Waals surface area contributed by atoms with Gasteiger partial charge in [-0.25, -0.2) is 0 Å².